The molecule has 2 aromatic carbocycles. The standard InChI is InChI=1S/C14H11Br2I/c1-2-9-3-5-13(15)11(7-9)12-8-10(17)4-6-14(12)16/h3-8H,2H2,1H3. The molecule has 0 atom stereocenters. The number of hydrogen-bond donors (Lipinski definition) is 0. The zero-order valence-corrected chi connectivity index (χ0v) is 14.6. The van der Waals surface area contributed by atoms with Crippen molar-refractivity contribution < 1.29 is 0 Å². The molecule has 0 bridgehead atoms. The van der Waals surface area contributed by atoms with Gasteiger partial charge in [0.2, 0.25) is 0 Å². The number of halogens is 3. The quantitative estimate of drug-likeness (QED) is 0.474. The number of aryl methyl sites for hydroxylation is 1. The van der Waals surface area contributed by atoms with Crippen LogP contribution in [0.15, 0.2) is 45.3 Å². The van der Waals surface area contributed by atoms with Gasteiger partial charge in [-0.1, -0.05) is 44.8 Å². The summed E-state index contributed by atoms with van der Waals surface area (Å²) < 4.78 is 3.51. The van der Waals surface area contributed by atoms with Crippen LogP contribution in [0.2, 0.25) is 0 Å². The van der Waals surface area contributed by atoms with Gasteiger partial charge in [-0.3, -0.25) is 0 Å². The van der Waals surface area contributed by atoms with Crippen LogP contribution in [0.1, 0.15) is 12.5 Å². The minimum atomic E-state index is 1.06. The van der Waals surface area contributed by atoms with Crippen molar-refractivity contribution in [2.45, 2.75) is 13.3 Å². The minimum absolute atomic E-state index is 1.06. The average Bonchev–Trinajstić information content (AvgIpc) is 2.33. The summed E-state index contributed by atoms with van der Waals surface area (Å²) in [7, 11) is 0. The van der Waals surface area contributed by atoms with Crippen molar-refractivity contribution in [1.82, 2.24) is 0 Å². The zero-order chi connectivity index (χ0) is 12.4. The second-order valence-corrected chi connectivity index (χ2v) is 6.75. The first-order valence-electron chi connectivity index (χ1n) is 5.35. The highest BCUT2D eigenvalue weighted by Gasteiger charge is 2.08. The molecule has 0 spiro atoms. The van der Waals surface area contributed by atoms with Crippen molar-refractivity contribution in [2.75, 3.05) is 0 Å². The molecule has 0 heterocycles. The highest BCUT2D eigenvalue weighted by molar-refractivity contribution is 14.1. The van der Waals surface area contributed by atoms with Crippen LogP contribution in [0.4, 0.5) is 0 Å². The molecule has 0 radical (unpaired) electrons. The minimum Gasteiger partial charge on any atom is -0.0613 e. The van der Waals surface area contributed by atoms with Gasteiger partial charge < -0.3 is 0 Å². The van der Waals surface area contributed by atoms with Crippen molar-refractivity contribution in [2.24, 2.45) is 0 Å². The van der Waals surface area contributed by atoms with E-state index in [4.69, 9.17) is 0 Å². The van der Waals surface area contributed by atoms with Crippen molar-refractivity contribution in [3.8, 4) is 11.1 Å². The van der Waals surface area contributed by atoms with E-state index in [2.05, 4.69) is 97.8 Å². The zero-order valence-electron chi connectivity index (χ0n) is 9.31. The third kappa shape index (κ3) is 3.12. The molecule has 0 aliphatic carbocycles. The van der Waals surface area contributed by atoms with Crippen LogP contribution in [-0.2, 0) is 6.42 Å². The molecule has 0 nitrogen and oxygen atoms in total. The summed E-state index contributed by atoms with van der Waals surface area (Å²) >= 11 is 9.60. The van der Waals surface area contributed by atoms with E-state index >= 15 is 0 Å². The summed E-state index contributed by atoms with van der Waals surface area (Å²) in [5, 5.41) is 0. The fourth-order valence-electron chi connectivity index (χ4n) is 1.70. The molecule has 3 heteroatoms. The van der Waals surface area contributed by atoms with E-state index in [1.807, 2.05) is 0 Å². The fourth-order valence-corrected chi connectivity index (χ4v) is 3.11. The predicted octanol–water partition coefficient (Wildman–Crippen LogP) is 6.05. The normalized spacial score (nSPS) is 10.6. The van der Waals surface area contributed by atoms with Crippen LogP contribution in [0.3, 0.4) is 0 Å². The summed E-state index contributed by atoms with van der Waals surface area (Å²) in [5.41, 5.74) is 3.84. The maximum absolute atomic E-state index is 3.63. The molecule has 0 fully saturated rings. The van der Waals surface area contributed by atoms with E-state index < -0.39 is 0 Å². The molecule has 0 aromatic heterocycles. The third-order valence-corrected chi connectivity index (χ3v) is 4.71. The van der Waals surface area contributed by atoms with Gasteiger partial charge in [0.15, 0.2) is 0 Å². The second-order valence-electron chi connectivity index (χ2n) is 3.79. The first-order chi connectivity index (χ1) is 8.11. The van der Waals surface area contributed by atoms with E-state index in [0.717, 1.165) is 15.4 Å². The lowest BCUT2D eigenvalue weighted by Gasteiger charge is -2.10. The summed E-state index contributed by atoms with van der Waals surface area (Å²) in [6.07, 6.45) is 1.06. The van der Waals surface area contributed by atoms with Crippen molar-refractivity contribution in [3.05, 3.63) is 54.5 Å². The molecule has 2 rings (SSSR count). The predicted molar refractivity (Wildman–Crippen MR) is 89.4 cm³/mol. The van der Waals surface area contributed by atoms with Crippen molar-refractivity contribution in [1.29, 1.82) is 0 Å². The first kappa shape index (κ1) is 13.6. The smallest absolute Gasteiger partial charge is 0.0254 e. The largest absolute Gasteiger partial charge is 0.0613 e. The van der Waals surface area contributed by atoms with Gasteiger partial charge in [0, 0.05) is 12.5 Å². The van der Waals surface area contributed by atoms with Gasteiger partial charge >= 0.3 is 0 Å². The molecule has 0 saturated heterocycles. The van der Waals surface area contributed by atoms with Gasteiger partial charge in [0.05, 0.1) is 0 Å². The maximum Gasteiger partial charge on any atom is 0.0254 e. The topological polar surface area (TPSA) is 0 Å². The summed E-state index contributed by atoms with van der Waals surface area (Å²) in [5.74, 6) is 0. The molecule has 0 unspecified atom stereocenters. The van der Waals surface area contributed by atoms with Crippen LogP contribution in [0.25, 0.3) is 11.1 Å². The molecule has 0 saturated carbocycles. The molecular weight excluding hydrogens is 455 g/mol. The SMILES string of the molecule is CCc1ccc(Br)c(-c2cc(I)ccc2Br)c1. The van der Waals surface area contributed by atoms with Crippen LogP contribution in [-0.4, -0.2) is 0 Å². The van der Waals surface area contributed by atoms with Crippen LogP contribution >= 0.6 is 54.5 Å². The van der Waals surface area contributed by atoms with Crippen molar-refractivity contribution >= 4 is 54.5 Å². The molecular formula is C14H11Br2I. The van der Waals surface area contributed by atoms with Crippen LogP contribution < -0.4 is 0 Å². The summed E-state index contributed by atoms with van der Waals surface area (Å²) in [6.45, 7) is 2.18. The van der Waals surface area contributed by atoms with Crippen LogP contribution in [0.5, 0.6) is 0 Å². The fraction of sp³-hybridized carbons (Fsp3) is 0.143. The molecule has 0 amide bonds. The lowest BCUT2D eigenvalue weighted by molar-refractivity contribution is 1.14. The maximum atomic E-state index is 3.63. The summed E-state index contributed by atoms with van der Waals surface area (Å²) in [4.78, 5) is 0. The third-order valence-electron chi connectivity index (χ3n) is 2.66. The Bertz CT molecular complexity index is 550. The molecule has 17 heavy (non-hydrogen) atoms. The highest BCUT2D eigenvalue weighted by Crippen LogP contribution is 2.35. The van der Waals surface area contributed by atoms with Gasteiger partial charge in [0.1, 0.15) is 0 Å². The average molecular weight is 466 g/mol. The van der Waals surface area contributed by atoms with Crippen molar-refractivity contribution in [3.63, 3.8) is 0 Å². The Morgan fingerprint density at radius 3 is 2.18 bits per heavy atom. The Morgan fingerprint density at radius 2 is 1.53 bits per heavy atom. The van der Waals surface area contributed by atoms with Gasteiger partial charge in [-0.15, -0.1) is 0 Å². The Balaban J connectivity index is 2.62. The van der Waals surface area contributed by atoms with E-state index in [1.54, 1.807) is 0 Å². The lowest BCUT2D eigenvalue weighted by Crippen LogP contribution is -1.87. The van der Waals surface area contributed by atoms with E-state index in [1.165, 1.54) is 20.3 Å². The van der Waals surface area contributed by atoms with E-state index in [-0.39, 0.29) is 0 Å². The van der Waals surface area contributed by atoms with Gasteiger partial charge in [-0.2, -0.15) is 0 Å². The van der Waals surface area contributed by atoms with Gasteiger partial charge in [-0.05, 0) is 76.0 Å². The van der Waals surface area contributed by atoms with Gasteiger partial charge in [-0.25, -0.2) is 0 Å². The molecule has 88 valence electrons. The number of rotatable bonds is 2. The van der Waals surface area contributed by atoms with E-state index in [0.29, 0.717) is 0 Å². The Kier molecular flexibility index (Phi) is 4.66. The second kappa shape index (κ2) is 5.85. The molecule has 0 aliphatic rings. The molecule has 0 aliphatic heterocycles. The van der Waals surface area contributed by atoms with E-state index in [9.17, 15) is 0 Å². The summed E-state index contributed by atoms with van der Waals surface area (Å²) in [6, 6.07) is 12.9. The Hall–Kier alpha value is 0.130. The highest BCUT2D eigenvalue weighted by atomic mass is 127. The number of benzene rings is 2. The number of hydrogen-bond acceptors (Lipinski definition) is 0. The molecule has 2 aromatic rings. The Morgan fingerprint density at radius 1 is 0.941 bits per heavy atom. The molecule has 0 N–H and O–H groups in total. The lowest BCUT2D eigenvalue weighted by atomic mass is 10.0. The monoisotopic (exact) mass is 464 g/mol. The first-order valence-corrected chi connectivity index (χ1v) is 8.02. The van der Waals surface area contributed by atoms with Crippen LogP contribution in [0, 0.1) is 3.57 Å². The van der Waals surface area contributed by atoms with Gasteiger partial charge in [0.25, 0.3) is 0 Å². The Labute approximate surface area is 132 Å².